The number of carboxylic acid groups (broad SMARTS) is 2. The Hall–Kier alpha value is -2.55. The maximum Gasteiger partial charge on any atom is 0.354 e. The Morgan fingerprint density at radius 1 is 0.969 bits per heavy atom. The molecule has 172 valence electrons. The number of hydrogen-bond acceptors (Lipinski definition) is 7. The number of carbonyl (C=O) groups is 2. The third-order valence-electron chi connectivity index (χ3n) is 5.10. The topological polar surface area (TPSA) is 123 Å². The lowest BCUT2D eigenvalue weighted by atomic mass is 9.89. The largest absolute Gasteiger partial charge is 0.481 e. The predicted molar refractivity (Wildman–Crippen MR) is 115 cm³/mol. The van der Waals surface area contributed by atoms with Crippen LogP contribution in [0.3, 0.4) is 0 Å². The van der Waals surface area contributed by atoms with E-state index < -0.39 is 43.4 Å². The Labute approximate surface area is 186 Å². The van der Waals surface area contributed by atoms with Crippen LogP contribution in [-0.2, 0) is 28.0 Å². The van der Waals surface area contributed by atoms with E-state index in [0.29, 0.717) is 11.1 Å². The van der Waals surface area contributed by atoms with Gasteiger partial charge in [-0.3, -0.25) is 14.2 Å². The lowest BCUT2D eigenvalue weighted by Crippen LogP contribution is -2.34. The fourth-order valence-corrected chi connectivity index (χ4v) is 5.99. The van der Waals surface area contributed by atoms with Crippen LogP contribution in [0.2, 0.25) is 0 Å². The Morgan fingerprint density at radius 2 is 1.50 bits per heavy atom. The summed E-state index contributed by atoms with van der Waals surface area (Å²) in [5.74, 6) is -5.43. The van der Waals surface area contributed by atoms with Crippen molar-refractivity contribution < 1.29 is 38.3 Å². The maximum absolute atomic E-state index is 14.0. The van der Waals surface area contributed by atoms with Crippen LogP contribution in [0.5, 0.6) is 0 Å². The first-order chi connectivity index (χ1) is 15.3. The molecule has 3 rings (SSSR count). The summed E-state index contributed by atoms with van der Waals surface area (Å²) < 4.78 is 25.2. The van der Waals surface area contributed by atoms with Gasteiger partial charge in [-0.15, -0.1) is 0 Å². The second kappa shape index (κ2) is 10.4. The summed E-state index contributed by atoms with van der Waals surface area (Å²) in [5, 5.41) is 20.8. The van der Waals surface area contributed by atoms with Gasteiger partial charge < -0.3 is 19.3 Å². The summed E-state index contributed by atoms with van der Waals surface area (Å²) in [7, 11) is -3.96. The molecular formula is C22H26NO8P. The van der Waals surface area contributed by atoms with Gasteiger partial charge in [0, 0.05) is 0 Å². The van der Waals surface area contributed by atoms with Gasteiger partial charge >= 0.3 is 19.5 Å². The van der Waals surface area contributed by atoms with E-state index in [1.165, 1.54) is 5.06 Å². The van der Waals surface area contributed by atoms with Gasteiger partial charge in [0.25, 0.3) is 0 Å². The second-order valence-corrected chi connectivity index (χ2v) is 9.19. The highest BCUT2D eigenvalue weighted by Gasteiger charge is 2.57. The maximum atomic E-state index is 14.0. The van der Waals surface area contributed by atoms with Crippen LogP contribution in [0, 0.1) is 5.92 Å². The molecule has 1 saturated heterocycles. The molecule has 0 amide bonds. The van der Waals surface area contributed by atoms with E-state index in [1.807, 2.05) is 0 Å². The first-order valence-electron chi connectivity index (χ1n) is 10.2. The molecule has 2 aromatic rings. The molecule has 0 aromatic heterocycles. The third-order valence-corrected chi connectivity index (χ3v) is 7.46. The van der Waals surface area contributed by atoms with Crippen LogP contribution in [0.25, 0.3) is 0 Å². The average Bonchev–Trinajstić information content (AvgIpc) is 3.16. The van der Waals surface area contributed by atoms with E-state index in [0.717, 1.165) is 0 Å². The SMILES string of the molecule is CCOP(=O)(OCC)C(c1ccccc1)N1O[C@H](C(=O)O)[C@H](C(=O)O)[C@@H]1c1ccccc1. The minimum Gasteiger partial charge on any atom is -0.481 e. The molecule has 1 fully saturated rings. The molecule has 1 heterocycles. The van der Waals surface area contributed by atoms with Crippen molar-refractivity contribution in [3.05, 3.63) is 71.8 Å². The Balaban J connectivity index is 2.23. The van der Waals surface area contributed by atoms with Gasteiger partial charge in [0.05, 0.1) is 19.3 Å². The minimum absolute atomic E-state index is 0.0647. The fraction of sp³-hybridized carbons (Fsp3) is 0.364. The van der Waals surface area contributed by atoms with Gasteiger partial charge in [-0.1, -0.05) is 60.7 Å². The van der Waals surface area contributed by atoms with Crippen LogP contribution in [0.15, 0.2) is 60.7 Å². The molecule has 1 aliphatic heterocycles. The number of nitrogens with zero attached hydrogens (tertiary/aromatic N) is 1. The molecular weight excluding hydrogens is 437 g/mol. The molecule has 4 atom stereocenters. The molecule has 10 heteroatoms. The highest BCUT2D eigenvalue weighted by Crippen LogP contribution is 2.65. The smallest absolute Gasteiger partial charge is 0.354 e. The van der Waals surface area contributed by atoms with Gasteiger partial charge in [-0.2, -0.15) is 5.06 Å². The van der Waals surface area contributed by atoms with Crippen molar-refractivity contribution in [3.63, 3.8) is 0 Å². The summed E-state index contributed by atoms with van der Waals surface area (Å²) in [5.41, 5.74) is 0.984. The van der Waals surface area contributed by atoms with Crippen LogP contribution < -0.4 is 0 Å². The molecule has 2 N–H and O–H groups in total. The van der Waals surface area contributed by atoms with Crippen LogP contribution in [0.4, 0.5) is 0 Å². The van der Waals surface area contributed by atoms with E-state index in [4.69, 9.17) is 13.9 Å². The van der Waals surface area contributed by atoms with E-state index in [1.54, 1.807) is 74.5 Å². The summed E-state index contributed by atoms with van der Waals surface area (Å²) in [6.45, 7) is 3.45. The molecule has 0 aliphatic carbocycles. The van der Waals surface area contributed by atoms with Crippen LogP contribution in [0.1, 0.15) is 36.8 Å². The Kier molecular flexibility index (Phi) is 7.82. The molecule has 1 unspecified atom stereocenters. The lowest BCUT2D eigenvalue weighted by molar-refractivity contribution is -0.195. The van der Waals surface area contributed by atoms with Gasteiger partial charge in [-0.05, 0) is 25.0 Å². The van der Waals surface area contributed by atoms with Gasteiger partial charge in [-0.25, -0.2) is 4.79 Å². The summed E-state index contributed by atoms with van der Waals surface area (Å²) >= 11 is 0. The summed E-state index contributed by atoms with van der Waals surface area (Å²) in [4.78, 5) is 29.9. The average molecular weight is 463 g/mol. The summed E-state index contributed by atoms with van der Waals surface area (Å²) in [6.07, 6.45) is -1.69. The molecule has 2 aromatic carbocycles. The first-order valence-corrected chi connectivity index (χ1v) is 11.8. The van der Waals surface area contributed by atoms with Crippen molar-refractivity contribution in [2.75, 3.05) is 13.2 Å². The van der Waals surface area contributed by atoms with E-state index >= 15 is 0 Å². The Morgan fingerprint density at radius 3 is 1.97 bits per heavy atom. The number of hydrogen-bond donors (Lipinski definition) is 2. The molecule has 0 spiro atoms. The first kappa shape index (κ1) is 24.1. The van der Waals surface area contributed by atoms with Crippen LogP contribution in [-0.4, -0.2) is 46.5 Å². The number of benzene rings is 2. The second-order valence-electron chi connectivity index (χ2n) is 7.10. The molecule has 9 nitrogen and oxygen atoms in total. The third kappa shape index (κ3) is 4.77. The zero-order valence-electron chi connectivity index (χ0n) is 17.7. The monoisotopic (exact) mass is 463 g/mol. The lowest BCUT2D eigenvalue weighted by Gasteiger charge is -2.36. The number of hydroxylamine groups is 2. The number of rotatable bonds is 10. The fourth-order valence-electron chi connectivity index (χ4n) is 3.90. The van der Waals surface area contributed by atoms with Crippen molar-refractivity contribution >= 4 is 19.5 Å². The molecule has 0 bridgehead atoms. The summed E-state index contributed by atoms with van der Waals surface area (Å²) in [6, 6.07) is 16.1. The van der Waals surface area contributed by atoms with Gasteiger partial charge in [0.2, 0.25) is 0 Å². The zero-order valence-corrected chi connectivity index (χ0v) is 18.6. The minimum atomic E-state index is -3.96. The highest BCUT2D eigenvalue weighted by molar-refractivity contribution is 7.54. The number of carboxylic acids is 2. The normalized spacial score (nSPS) is 22.5. The van der Waals surface area contributed by atoms with E-state index in [2.05, 4.69) is 0 Å². The van der Waals surface area contributed by atoms with Gasteiger partial charge in [0.1, 0.15) is 5.92 Å². The van der Waals surface area contributed by atoms with E-state index in [9.17, 15) is 24.4 Å². The zero-order chi connectivity index (χ0) is 23.3. The van der Waals surface area contributed by atoms with Crippen molar-refractivity contribution in [1.82, 2.24) is 5.06 Å². The predicted octanol–water partition coefficient (Wildman–Crippen LogP) is 4.09. The van der Waals surface area contributed by atoms with Crippen LogP contribution >= 0.6 is 7.60 Å². The van der Waals surface area contributed by atoms with Crippen molar-refractivity contribution in [2.24, 2.45) is 5.92 Å². The van der Waals surface area contributed by atoms with Gasteiger partial charge in [0.15, 0.2) is 11.9 Å². The van der Waals surface area contributed by atoms with Crippen molar-refractivity contribution in [1.29, 1.82) is 0 Å². The molecule has 0 radical (unpaired) electrons. The standard InChI is InChI=1S/C22H26NO8P/c1-3-29-32(28,30-4-2)20(16-13-9-6-10-14-16)23-18(15-11-7-5-8-12-15)17(21(24)25)19(31-23)22(26)27/h5-14,17-20H,3-4H2,1-2H3,(H,24,25)(H,26,27)/t17-,18+,19+,20?/m1/s1. The quantitative estimate of drug-likeness (QED) is 0.502. The van der Waals surface area contributed by atoms with Crippen molar-refractivity contribution in [2.45, 2.75) is 31.8 Å². The molecule has 1 aliphatic rings. The Bertz CT molecular complexity index is 960. The highest BCUT2D eigenvalue weighted by atomic mass is 31.2. The number of aliphatic carboxylic acids is 2. The van der Waals surface area contributed by atoms with Crippen molar-refractivity contribution in [3.8, 4) is 0 Å². The van der Waals surface area contributed by atoms with E-state index in [-0.39, 0.29) is 13.2 Å². The molecule has 32 heavy (non-hydrogen) atoms. The molecule has 0 saturated carbocycles.